The number of carbonyl (C=O) groups is 3. The number of rotatable bonds is 7. The fourth-order valence-electron chi connectivity index (χ4n) is 6.77. The van der Waals surface area contributed by atoms with Crippen molar-refractivity contribution in [3.8, 4) is 0 Å². The number of carbonyl (C=O) groups excluding carboxylic acids is 3. The zero-order chi connectivity index (χ0) is 26.6. The molecule has 2 amide bonds. The third-order valence-electron chi connectivity index (χ3n) is 9.11. The Morgan fingerprint density at radius 1 is 1.08 bits per heavy atom. The van der Waals surface area contributed by atoms with Crippen molar-refractivity contribution in [1.82, 2.24) is 20.4 Å². The third-order valence-corrected chi connectivity index (χ3v) is 9.36. The second kappa shape index (κ2) is 11.8. The van der Waals surface area contributed by atoms with Gasteiger partial charge in [-0.05, 0) is 70.2 Å². The minimum absolute atomic E-state index is 0.0724. The van der Waals surface area contributed by atoms with Crippen molar-refractivity contribution in [3.63, 3.8) is 0 Å². The molecule has 2 saturated heterocycles. The van der Waals surface area contributed by atoms with E-state index in [2.05, 4.69) is 15.5 Å². The maximum atomic E-state index is 13.9. The number of piperazine rings is 1. The van der Waals surface area contributed by atoms with Crippen LogP contribution in [-0.2, 0) is 20.8 Å². The number of piperidine rings is 1. The Morgan fingerprint density at radius 3 is 2.32 bits per heavy atom. The summed E-state index contributed by atoms with van der Waals surface area (Å²) in [5.41, 5.74) is -0.131. The lowest BCUT2D eigenvalue weighted by atomic mass is 9.62. The maximum Gasteiger partial charge on any atom is 0.245 e. The molecule has 0 aromatic heterocycles. The van der Waals surface area contributed by atoms with E-state index in [9.17, 15) is 14.4 Å². The number of halogens is 1. The van der Waals surface area contributed by atoms with E-state index >= 15 is 0 Å². The predicted molar refractivity (Wildman–Crippen MR) is 146 cm³/mol. The maximum absolute atomic E-state index is 13.9. The highest BCUT2D eigenvalue weighted by Gasteiger charge is 2.47. The highest BCUT2D eigenvalue weighted by Crippen LogP contribution is 2.46. The molecule has 2 N–H and O–H groups in total. The molecule has 3 fully saturated rings. The number of nitrogens with zero attached hydrogens (tertiary/aromatic N) is 2. The Morgan fingerprint density at radius 2 is 1.73 bits per heavy atom. The van der Waals surface area contributed by atoms with E-state index in [4.69, 9.17) is 11.6 Å². The molecule has 1 aliphatic carbocycles. The van der Waals surface area contributed by atoms with Gasteiger partial charge in [-0.15, -0.1) is 0 Å². The molecule has 0 bridgehead atoms. The van der Waals surface area contributed by atoms with E-state index in [1.165, 1.54) is 19.3 Å². The Balaban J connectivity index is 1.49. The second-order valence-electron chi connectivity index (χ2n) is 11.7. The van der Waals surface area contributed by atoms with Gasteiger partial charge in [0.25, 0.3) is 0 Å². The van der Waals surface area contributed by atoms with Crippen molar-refractivity contribution in [2.24, 2.45) is 11.3 Å². The highest BCUT2D eigenvalue weighted by atomic mass is 35.5. The van der Waals surface area contributed by atoms with Crippen LogP contribution in [0.5, 0.6) is 0 Å². The first-order valence-electron chi connectivity index (χ1n) is 13.9. The summed E-state index contributed by atoms with van der Waals surface area (Å²) in [7, 11) is 2.00. The number of Topliss-reactive ketones (excluding diaryl/α,β-unsaturated/α-hetero) is 1. The van der Waals surface area contributed by atoms with Gasteiger partial charge in [0.1, 0.15) is 17.4 Å². The molecule has 2 heterocycles. The number of hydrogen-bond acceptors (Lipinski definition) is 5. The van der Waals surface area contributed by atoms with Gasteiger partial charge < -0.3 is 20.4 Å². The monoisotopic (exact) mass is 530 g/mol. The first kappa shape index (κ1) is 28.1. The van der Waals surface area contributed by atoms with E-state index in [0.29, 0.717) is 49.8 Å². The summed E-state index contributed by atoms with van der Waals surface area (Å²) in [5, 5.41) is 7.08. The summed E-state index contributed by atoms with van der Waals surface area (Å²) in [6.07, 6.45) is 7.69. The summed E-state index contributed by atoms with van der Waals surface area (Å²) in [4.78, 5) is 44.2. The Labute approximate surface area is 226 Å². The van der Waals surface area contributed by atoms with Gasteiger partial charge in [-0.3, -0.25) is 14.4 Å². The van der Waals surface area contributed by atoms with Crippen LogP contribution in [0.4, 0.5) is 0 Å². The molecule has 7 nitrogen and oxygen atoms in total. The lowest BCUT2D eigenvalue weighted by Gasteiger charge is -2.47. The van der Waals surface area contributed by atoms with Gasteiger partial charge in [0, 0.05) is 49.6 Å². The number of hydrogen-bond donors (Lipinski definition) is 2. The lowest BCUT2D eigenvalue weighted by molar-refractivity contribution is -0.145. The number of likely N-dealkylation sites (tertiary alicyclic amines) is 1. The summed E-state index contributed by atoms with van der Waals surface area (Å²) in [6, 6.07) is 6.75. The summed E-state index contributed by atoms with van der Waals surface area (Å²) >= 11 is 6.08. The summed E-state index contributed by atoms with van der Waals surface area (Å²) < 4.78 is 0. The van der Waals surface area contributed by atoms with Crippen LogP contribution >= 0.6 is 11.6 Å². The van der Waals surface area contributed by atoms with Crippen molar-refractivity contribution in [2.75, 3.05) is 39.8 Å². The first-order valence-corrected chi connectivity index (χ1v) is 14.3. The molecule has 8 heteroatoms. The normalized spacial score (nSPS) is 25.9. The van der Waals surface area contributed by atoms with Crippen LogP contribution in [0.1, 0.15) is 64.4 Å². The quantitative estimate of drug-likeness (QED) is 0.564. The standard InChI is InChI=1S/C29H43ClN4O3/c1-21(35)29(23-7-5-4-6-8-23)13-16-34(17-14-29)26(36)25(19-22-9-11-24(30)12-10-22)32-27(37)28(2)20-33(3)18-15-31-28/h9-12,23,25,31H,4-8,13-20H2,1-3H3,(H,32,37)/t25-,28?/m1/s1. The minimum atomic E-state index is -0.766. The van der Waals surface area contributed by atoms with Crippen molar-refractivity contribution < 1.29 is 14.4 Å². The fourth-order valence-corrected chi connectivity index (χ4v) is 6.90. The highest BCUT2D eigenvalue weighted by molar-refractivity contribution is 6.30. The molecule has 0 spiro atoms. The molecule has 2 aliphatic heterocycles. The van der Waals surface area contributed by atoms with E-state index < -0.39 is 11.6 Å². The molecule has 0 radical (unpaired) electrons. The molecule has 3 aliphatic rings. The number of amides is 2. The largest absolute Gasteiger partial charge is 0.342 e. The zero-order valence-corrected chi connectivity index (χ0v) is 23.4. The van der Waals surface area contributed by atoms with Gasteiger partial charge in [-0.25, -0.2) is 0 Å². The molecule has 1 unspecified atom stereocenters. The van der Waals surface area contributed by atoms with Gasteiger partial charge in [0.05, 0.1) is 0 Å². The molecule has 204 valence electrons. The molecule has 4 rings (SSSR count). The average Bonchev–Trinajstić information content (AvgIpc) is 2.89. The second-order valence-corrected chi connectivity index (χ2v) is 12.2. The molecule has 1 aromatic carbocycles. The van der Waals surface area contributed by atoms with Gasteiger partial charge in [0.15, 0.2) is 0 Å². The molecule has 1 aromatic rings. The first-order chi connectivity index (χ1) is 17.6. The SMILES string of the molecule is CC(=O)C1(C2CCCCC2)CCN(C(=O)[C@@H](Cc2ccc(Cl)cc2)NC(=O)C2(C)CN(C)CCN2)CC1. The molecular formula is C29H43ClN4O3. The van der Waals surface area contributed by atoms with Crippen molar-refractivity contribution in [2.45, 2.75) is 76.8 Å². The molecule has 2 atom stereocenters. The van der Waals surface area contributed by atoms with Crippen molar-refractivity contribution in [3.05, 3.63) is 34.9 Å². The summed E-state index contributed by atoms with van der Waals surface area (Å²) in [5.74, 6) is 0.466. The van der Waals surface area contributed by atoms with Crippen LogP contribution in [0.3, 0.4) is 0 Å². The van der Waals surface area contributed by atoms with Crippen LogP contribution < -0.4 is 10.6 Å². The predicted octanol–water partition coefficient (Wildman–Crippen LogP) is 3.44. The molecular weight excluding hydrogens is 488 g/mol. The topological polar surface area (TPSA) is 81.8 Å². The van der Waals surface area contributed by atoms with Gasteiger partial charge >= 0.3 is 0 Å². The van der Waals surface area contributed by atoms with Crippen LogP contribution in [0, 0.1) is 11.3 Å². The van der Waals surface area contributed by atoms with Crippen LogP contribution in [0.25, 0.3) is 0 Å². The molecule has 37 heavy (non-hydrogen) atoms. The van der Waals surface area contributed by atoms with E-state index in [0.717, 1.165) is 31.5 Å². The molecule has 1 saturated carbocycles. The van der Waals surface area contributed by atoms with Gasteiger partial charge in [0.2, 0.25) is 11.8 Å². The van der Waals surface area contributed by atoms with Crippen molar-refractivity contribution >= 4 is 29.2 Å². The minimum Gasteiger partial charge on any atom is -0.342 e. The smallest absolute Gasteiger partial charge is 0.245 e. The summed E-state index contributed by atoms with van der Waals surface area (Å²) in [6.45, 7) is 6.92. The van der Waals surface area contributed by atoms with Crippen LogP contribution in [0.15, 0.2) is 24.3 Å². The van der Waals surface area contributed by atoms with Crippen LogP contribution in [0.2, 0.25) is 5.02 Å². The van der Waals surface area contributed by atoms with Crippen molar-refractivity contribution in [1.29, 1.82) is 0 Å². The fraction of sp³-hybridized carbons (Fsp3) is 0.690. The Hall–Kier alpha value is -1.96. The number of benzene rings is 1. The van der Waals surface area contributed by atoms with E-state index in [1.807, 2.05) is 43.1 Å². The Bertz CT molecular complexity index is 970. The lowest BCUT2D eigenvalue weighted by Crippen LogP contribution is -2.67. The number of likely N-dealkylation sites (N-methyl/N-ethyl adjacent to an activating group) is 1. The number of nitrogens with one attached hydrogen (secondary N) is 2. The van der Waals surface area contributed by atoms with Crippen LogP contribution in [-0.4, -0.2) is 78.7 Å². The number of ketones is 1. The van der Waals surface area contributed by atoms with Gasteiger partial charge in [-0.1, -0.05) is 43.0 Å². The third kappa shape index (κ3) is 6.37. The van der Waals surface area contributed by atoms with Gasteiger partial charge in [-0.2, -0.15) is 0 Å². The Kier molecular flexibility index (Phi) is 8.97. The van der Waals surface area contributed by atoms with E-state index in [-0.39, 0.29) is 23.0 Å². The zero-order valence-electron chi connectivity index (χ0n) is 22.7. The van der Waals surface area contributed by atoms with E-state index in [1.54, 1.807) is 6.92 Å². The average molecular weight is 531 g/mol.